The molecule has 0 saturated carbocycles. The molecule has 2 aromatic carbocycles. The number of benzene rings is 2. The molecule has 0 atom stereocenters. The van der Waals surface area contributed by atoms with E-state index in [9.17, 15) is 18.0 Å². The summed E-state index contributed by atoms with van der Waals surface area (Å²) in [6, 6.07) is 6.97. The molecule has 0 aliphatic rings. The molecule has 2 rings (SSSR count). The molecule has 26 heavy (non-hydrogen) atoms. The first-order chi connectivity index (χ1) is 12.4. The second-order valence-corrected chi connectivity index (χ2v) is 6.36. The van der Waals surface area contributed by atoms with Gasteiger partial charge in [-0.25, -0.2) is 18.0 Å². The first kappa shape index (κ1) is 20.3. The van der Waals surface area contributed by atoms with Crippen LogP contribution in [0.1, 0.15) is 30.0 Å². The maximum Gasteiger partial charge on any atom is 0.513 e. The van der Waals surface area contributed by atoms with Gasteiger partial charge in [-0.05, 0) is 52.8 Å². The van der Waals surface area contributed by atoms with E-state index in [1.807, 2.05) is 22.6 Å². The van der Waals surface area contributed by atoms with Crippen molar-refractivity contribution in [2.45, 2.75) is 26.4 Å². The molecule has 0 radical (unpaired) electrons. The number of methoxy groups -OCH3 is 1. The van der Waals surface area contributed by atoms with Crippen molar-refractivity contribution in [3.63, 3.8) is 0 Å². The lowest BCUT2D eigenvalue weighted by Crippen LogP contribution is -2.11. The number of ether oxygens (including phenoxy) is 3. The van der Waals surface area contributed by atoms with Gasteiger partial charge in [0.1, 0.15) is 23.9 Å². The summed E-state index contributed by atoms with van der Waals surface area (Å²) in [6.45, 7) is 1.49. The van der Waals surface area contributed by atoms with Gasteiger partial charge in [-0.15, -0.1) is 0 Å². The molecular formula is C18H16F3IO4. The Morgan fingerprint density at radius 2 is 1.96 bits per heavy atom. The summed E-state index contributed by atoms with van der Waals surface area (Å²) in [7, 11) is 1.17. The van der Waals surface area contributed by atoms with Crippen LogP contribution in [0, 0.1) is 9.39 Å². The molecule has 0 unspecified atom stereocenters. The standard InChI is InChI=1S/C18H16F3IO4/c1-3-10-7-11(17(20)21)16(8-13(10)19)25-9-12-14(22)5-4-6-15(12)26-18(23)24-2/h4-8,17H,3,9H2,1-2H3. The number of alkyl halides is 2. The minimum absolute atomic E-state index is 0.174. The Labute approximate surface area is 162 Å². The van der Waals surface area contributed by atoms with Crippen LogP contribution in [0.5, 0.6) is 11.5 Å². The molecular weight excluding hydrogens is 464 g/mol. The van der Waals surface area contributed by atoms with Crippen LogP contribution in [0.2, 0.25) is 0 Å². The molecule has 0 aromatic heterocycles. The Hall–Kier alpha value is -1.97. The van der Waals surface area contributed by atoms with Crippen molar-refractivity contribution < 1.29 is 32.2 Å². The number of carbonyl (C=O) groups excluding carboxylic acids is 1. The Kier molecular flexibility index (Phi) is 7.13. The quantitative estimate of drug-likeness (QED) is 0.305. The van der Waals surface area contributed by atoms with E-state index in [2.05, 4.69) is 4.74 Å². The van der Waals surface area contributed by atoms with Crippen LogP contribution >= 0.6 is 22.6 Å². The van der Waals surface area contributed by atoms with Crippen LogP contribution < -0.4 is 9.47 Å². The Balaban J connectivity index is 2.32. The highest BCUT2D eigenvalue weighted by atomic mass is 127. The van der Waals surface area contributed by atoms with Crippen LogP contribution in [0.15, 0.2) is 30.3 Å². The highest BCUT2D eigenvalue weighted by Crippen LogP contribution is 2.33. The molecule has 0 saturated heterocycles. The SMILES string of the molecule is CCc1cc(C(F)F)c(OCc2c(I)cccc2OC(=O)OC)cc1F. The van der Waals surface area contributed by atoms with E-state index in [0.29, 0.717) is 15.6 Å². The molecule has 4 nitrogen and oxygen atoms in total. The van der Waals surface area contributed by atoms with Gasteiger partial charge < -0.3 is 14.2 Å². The Morgan fingerprint density at radius 1 is 1.23 bits per heavy atom. The molecule has 8 heteroatoms. The predicted octanol–water partition coefficient (Wildman–Crippen LogP) is 5.65. The van der Waals surface area contributed by atoms with Crippen LogP contribution in [0.4, 0.5) is 18.0 Å². The molecule has 0 aliphatic carbocycles. The number of hydrogen-bond acceptors (Lipinski definition) is 4. The van der Waals surface area contributed by atoms with Gasteiger partial charge in [0.25, 0.3) is 6.43 Å². The van der Waals surface area contributed by atoms with E-state index in [-0.39, 0.29) is 29.2 Å². The summed E-state index contributed by atoms with van der Waals surface area (Å²) >= 11 is 1.99. The van der Waals surface area contributed by atoms with Crippen molar-refractivity contribution >= 4 is 28.7 Å². The van der Waals surface area contributed by atoms with Gasteiger partial charge in [-0.2, -0.15) is 0 Å². The number of hydrogen-bond donors (Lipinski definition) is 0. The average molecular weight is 480 g/mol. The summed E-state index contributed by atoms with van der Waals surface area (Å²) in [6.07, 6.45) is -3.43. The van der Waals surface area contributed by atoms with Crippen molar-refractivity contribution in [2.75, 3.05) is 7.11 Å². The molecule has 0 fully saturated rings. The fraction of sp³-hybridized carbons (Fsp3) is 0.278. The summed E-state index contributed by atoms with van der Waals surface area (Å²) in [5.74, 6) is -0.688. The third-order valence-electron chi connectivity index (χ3n) is 3.60. The summed E-state index contributed by atoms with van der Waals surface area (Å²) in [5, 5.41) is 0. The molecule has 0 amide bonds. The van der Waals surface area contributed by atoms with E-state index in [1.165, 1.54) is 13.2 Å². The van der Waals surface area contributed by atoms with Crippen LogP contribution in [-0.4, -0.2) is 13.3 Å². The molecule has 140 valence electrons. The van der Waals surface area contributed by atoms with E-state index in [1.54, 1.807) is 19.1 Å². The molecule has 0 spiro atoms. The Bertz CT molecular complexity index is 796. The predicted molar refractivity (Wildman–Crippen MR) is 97.3 cm³/mol. The van der Waals surface area contributed by atoms with Crippen LogP contribution in [0.3, 0.4) is 0 Å². The lowest BCUT2D eigenvalue weighted by atomic mass is 10.1. The zero-order valence-electron chi connectivity index (χ0n) is 14.0. The second kappa shape index (κ2) is 9.11. The van der Waals surface area contributed by atoms with Gasteiger partial charge in [-0.3, -0.25) is 0 Å². The highest BCUT2D eigenvalue weighted by Gasteiger charge is 2.19. The largest absolute Gasteiger partial charge is 0.513 e. The summed E-state index contributed by atoms with van der Waals surface area (Å²) in [4.78, 5) is 11.3. The molecule has 0 bridgehead atoms. The molecule has 0 aliphatic heterocycles. The lowest BCUT2D eigenvalue weighted by molar-refractivity contribution is 0.120. The van der Waals surface area contributed by atoms with Crippen molar-refractivity contribution in [1.29, 1.82) is 0 Å². The van der Waals surface area contributed by atoms with Gasteiger partial charge in [0, 0.05) is 15.2 Å². The smallest absolute Gasteiger partial charge is 0.488 e. The molecule has 0 heterocycles. The molecule has 0 N–H and O–H groups in total. The van der Waals surface area contributed by atoms with Crippen LogP contribution in [0.25, 0.3) is 0 Å². The lowest BCUT2D eigenvalue weighted by Gasteiger charge is -2.16. The van der Waals surface area contributed by atoms with E-state index in [0.717, 1.165) is 12.1 Å². The zero-order valence-corrected chi connectivity index (χ0v) is 16.2. The number of aryl methyl sites for hydroxylation is 1. The molecule has 2 aromatic rings. The van der Waals surface area contributed by atoms with Gasteiger partial charge >= 0.3 is 6.16 Å². The monoisotopic (exact) mass is 480 g/mol. The third kappa shape index (κ3) is 4.80. The highest BCUT2D eigenvalue weighted by molar-refractivity contribution is 14.1. The second-order valence-electron chi connectivity index (χ2n) is 5.20. The topological polar surface area (TPSA) is 44.8 Å². The van der Waals surface area contributed by atoms with Crippen LogP contribution in [-0.2, 0) is 17.8 Å². The van der Waals surface area contributed by atoms with E-state index >= 15 is 0 Å². The number of carbonyl (C=O) groups is 1. The maximum absolute atomic E-state index is 14.0. The normalized spacial score (nSPS) is 10.7. The number of halogens is 4. The summed E-state index contributed by atoms with van der Waals surface area (Å²) in [5.41, 5.74) is 0.264. The average Bonchev–Trinajstić information content (AvgIpc) is 2.60. The van der Waals surface area contributed by atoms with E-state index < -0.39 is 18.4 Å². The van der Waals surface area contributed by atoms with E-state index in [4.69, 9.17) is 9.47 Å². The van der Waals surface area contributed by atoms with Crippen molar-refractivity contribution in [3.05, 3.63) is 56.4 Å². The third-order valence-corrected chi connectivity index (χ3v) is 4.61. The number of rotatable bonds is 6. The first-order valence-electron chi connectivity index (χ1n) is 7.63. The van der Waals surface area contributed by atoms with Gasteiger partial charge in [0.15, 0.2) is 0 Å². The maximum atomic E-state index is 14.0. The minimum Gasteiger partial charge on any atom is -0.488 e. The van der Waals surface area contributed by atoms with Gasteiger partial charge in [0.2, 0.25) is 0 Å². The summed E-state index contributed by atoms with van der Waals surface area (Å²) < 4.78 is 56.2. The fourth-order valence-corrected chi connectivity index (χ4v) is 2.87. The van der Waals surface area contributed by atoms with Gasteiger partial charge in [0.05, 0.1) is 12.7 Å². The first-order valence-corrected chi connectivity index (χ1v) is 8.71. The Morgan fingerprint density at radius 3 is 2.58 bits per heavy atom. The van der Waals surface area contributed by atoms with Gasteiger partial charge in [-0.1, -0.05) is 13.0 Å². The minimum atomic E-state index is -2.81. The zero-order chi connectivity index (χ0) is 19.3. The fourth-order valence-electron chi connectivity index (χ4n) is 2.24. The van der Waals surface area contributed by atoms with Crippen molar-refractivity contribution in [2.24, 2.45) is 0 Å². The van der Waals surface area contributed by atoms with Crippen molar-refractivity contribution in [1.82, 2.24) is 0 Å². The van der Waals surface area contributed by atoms with Crippen molar-refractivity contribution in [3.8, 4) is 11.5 Å².